The fraction of sp³-hybridized carbons (Fsp3) is 0.273. The van der Waals surface area contributed by atoms with Gasteiger partial charge in [0.05, 0.1) is 5.02 Å². The van der Waals surface area contributed by atoms with Crippen LogP contribution in [0.2, 0.25) is 5.02 Å². The number of fused-ring (bicyclic) bond motifs is 1. The maximum atomic E-state index is 13.3. The second kappa shape index (κ2) is 9.66. The number of sulfonamides is 1. The number of rotatable bonds is 7. The van der Waals surface area contributed by atoms with Gasteiger partial charge in [-0.2, -0.15) is 4.31 Å². The molecule has 10 heteroatoms. The zero-order chi connectivity index (χ0) is 22.7. The molecular weight excluding hydrogens is 468 g/mol. The Bertz CT molecular complexity index is 1240. The van der Waals surface area contributed by atoms with Crippen LogP contribution < -0.4 is 5.32 Å². The molecule has 1 aromatic heterocycles. The molecule has 2 heterocycles. The number of hydrogen-bond acceptors (Lipinski definition) is 5. The van der Waals surface area contributed by atoms with E-state index in [1.165, 1.54) is 34.3 Å². The van der Waals surface area contributed by atoms with Crippen LogP contribution in [0.15, 0.2) is 64.9 Å². The second-order valence-electron chi connectivity index (χ2n) is 7.43. The van der Waals surface area contributed by atoms with Gasteiger partial charge < -0.3 is 9.88 Å². The summed E-state index contributed by atoms with van der Waals surface area (Å²) in [4.78, 5) is 16.8. The molecule has 0 aliphatic carbocycles. The van der Waals surface area contributed by atoms with E-state index >= 15 is 0 Å². The highest BCUT2D eigenvalue weighted by molar-refractivity contribution is 7.99. The Kier molecular flexibility index (Phi) is 6.90. The first-order valence-corrected chi connectivity index (χ1v) is 12.9. The molecule has 1 aliphatic heterocycles. The second-order valence-corrected chi connectivity index (χ2v) is 10.8. The molecule has 0 fully saturated rings. The molecule has 2 aromatic carbocycles. The SMILES string of the molecule is Cn1ccnc1SCCNC(=O)c1ccc(Cl)c(S(=O)(=O)N2CCc3ccccc3C2)c1. The molecule has 3 aromatic rings. The van der Waals surface area contributed by atoms with Gasteiger partial charge in [0.1, 0.15) is 4.90 Å². The Morgan fingerprint density at radius 2 is 2.00 bits per heavy atom. The summed E-state index contributed by atoms with van der Waals surface area (Å²) in [6.07, 6.45) is 4.22. The maximum Gasteiger partial charge on any atom is 0.251 e. The van der Waals surface area contributed by atoms with E-state index in [-0.39, 0.29) is 27.9 Å². The summed E-state index contributed by atoms with van der Waals surface area (Å²) in [7, 11) is -1.94. The number of aryl methyl sites for hydroxylation is 1. The van der Waals surface area contributed by atoms with Gasteiger partial charge in [0, 0.05) is 50.4 Å². The average molecular weight is 491 g/mol. The molecule has 1 aliphatic rings. The summed E-state index contributed by atoms with van der Waals surface area (Å²) < 4.78 is 29.9. The Labute approximate surface area is 196 Å². The van der Waals surface area contributed by atoms with E-state index in [0.29, 0.717) is 25.3 Å². The molecule has 1 amide bonds. The van der Waals surface area contributed by atoms with Gasteiger partial charge in [0.15, 0.2) is 5.16 Å². The first kappa shape index (κ1) is 22.8. The van der Waals surface area contributed by atoms with E-state index in [1.54, 1.807) is 6.20 Å². The first-order valence-electron chi connectivity index (χ1n) is 10.1. The van der Waals surface area contributed by atoms with Gasteiger partial charge in [-0.25, -0.2) is 13.4 Å². The molecule has 168 valence electrons. The van der Waals surface area contributed by atoms with Gasteiger partial charge in [0.2, 0.25) is 10.0 Å². The van der Waals surface area contributed by atoms with Crippen LogP contribution >= 0.6 is 23.4 Å². The van der Waals surface area contributed by atoms with Crippen LogP contribution in [0.5, 0.6) is 0 Å². The van der Waals surface area contributed by atoms with E-state index in [2.05, 4.69) is 10.3 Å². The van der Waals surface area contributed by atoms with Crippen molar-refractivity contribution in [2.75, 3.05) is 18.8 Å². The molecule has 0 radical (unpaired) electrons. The van der Waals surface area contributed by atoms with Crippen LogP contribution in [0.3, 0.4) is 0 Å². The Hall–Kier alpha value is -2.33. The zero-order valence-electron chi connectivity index (χ0n) is 17.5. The van der Waals surface area contributed by atoms with Gasteiger partial charge in [0.25, 0.3) is 5.91 Å². The number of carbonyl (C=O) groups excluding carboxylic acids is 1. The summed E-state index contributed by atoms with van der Waals surface area (Å²) in [6, 6.07) is 12.2. The van der Waals surface area contributed by atoms with Gasteiger partial charge in [-0.3, -0.25) is 4.79 Å². The number of nitrogens with one attached hydrogen (secondary N) is 1. The first-order chi connectivity index (χ1) is 15.4. The molecule has 0 saturated heterocycles. The predicted octanol–water partition coefficient (Wildman–Crippen LogP) is 3.34. The number of halogens is 1. The van der Waals surface area contributed by atoms with Crippen molar-refractivity contribution in [2.24, 2.45) is 7.05 Å². The van der Waals surface area contributed by atoms with Crippen LogP contribution in [0.25, 0.3) is 0 Å². The number of hydrogen-bond donors (Lipinski definition) is 1. The lowest BCUT2D eigenvalue weighted by Crippen LogP contribution is -2.36. The molecular formula is C22H23ClN4O3S2. The minimum absolute atomic E-state index is 0.0476. The fourth-order valence-corrected chi connectivity index (χ4v) is 6.26. The third kappa shape index (κ3) is 4.85. The van der Waals surface area contributed by atoms with E-state index in [0.717, 1.165) is 16.3 Å². The van der Waals surface area contributed by atoms with Crippen molar-refractivity contribution in [1.82, 2.24) is 19.2 Å². The molecule has 0 bridgehead atoms. The lowest BCUT2D eigenvalue weighted by molar-refractivity contribution is 0.0956. The number of thioether (sulfide) groups is 1. The van der Waals surface area contributed by atoms with Crippen LogP contribution in [0, 0.1) is 0 Å². The van der Waals surface area contributed by atoms with Crippen molar-refractivity contribution >= 4 is 39.3 Å². The topological polar surface area (TPSA) is 84.3 Å². The molecule has 0 saturated carbocycles. The summed E-state index contributed by atoms with van der Waals surface area (Å²) in [5.74, 6) is 0.297. The number of carbonyl (C=O) groups is 1. The summed E-state index contributed by atoms with van der Waals surface area (Å²) in [5.41, 5.74) is 2.39. The smallest absolute Gasteiger partial charge is 0.251 e. The van der Waals surface area contributed by atoms with Gasteiger partial charge >= 0.3 is 0 Å². The highest BCUT2D eigenvalue weighted by Crippen LogP contribution is 2.29. The van der Waals surface area contributed by atoms with Crippen molar-refractivity contribution in [3.05, 3.63) is 76.6 Å². The minimum Gasteiger partial charge on any atom is -0.351 e. The van der Waals surface area contributed by atoms with Crippen LogP contribution in [0.4, 0.5) is 0 Å². The van der Waals surface area contributed by atoms with Crippen molar-refractivity contribution in [2.45, 2.75) is 23.0 Å². The van der Waals surface area contributed by atoms with Crippen molar-refractivity contribution < 1.29 is 13.2 Å². The largest absolute Gasteiger partial charge is 0.351 e. The lowest BCUT2D eigenvalue weighted by atomic mass is 10.0. The normalized spacial score (nSPS) is 14.2. The Morgan fingerprint density at radius 1 is 1.22 bits per heavy atom. The predicted molar refractivity (Wildman–Crippen MR) is 125 cm³/mol. The van der Waals surface area contributed by atoms with Crippen LogP contribution in [0.1, 0.15) is 21.5 Å². The van der Waals surface area contributed by atoms with E-state index in [4.69, 9.17) is 11.6 Å². The van der Waals surface area contributed by atoms with Gasteiger partial charge in [-0.1, -0.05) is 47.6 Å². The van der Waals surface area contributed by atoms with Crippen LogP contribution in [-0.4, -0.2) is 47.0 Å². The average Bonchev–Trinajstić information content (AvgIpc) is 3.21. The number of aromatic nitrogens is 2. The number of imidazole rings is 1. The molecule has 4 rings (SSSR count). The number of nitrogens with zero attached hydrogens (tertiary/aromatic N) is 3. The molecule has 0 unspecified atom stereocenters. The minimum atomic E-state index is -3.84. The monoisotopic (exact) mass is 490 g/mol. The molecule has 0 spiro atoms. The Balaban J connectivity index is 1.45. The van der Waals surface area contributed by atoms with Gasteiger partial charge in [-0.05, 0) is 35.7 Å². The summed E-state index contributed by atoms with van der Waals surface area (Å²) >= 11 is 7.78. The molecule has 32 heavy (non-hydrogen) atoms. The third-order valence-electron chi connectivity index (χ3n) is 5.30. The Morgan fingerprint density at radius 3 is 2.75 bits per heavy atom. The highest BCUT2D eigenvalue weighted by Gasteiger charge is 2.30. The zero-order valence-corrected chi connectivity index (χ0v) is 19.9. The summed E-state index contributed by atoms with van der Waals surface area (Å²) in [5, 5.41) is 3.79. The fourth-order valence-electron chi connectivity index (χ4n) is 3.56. The molecule has 0 atom stereocenters. The lowest BCUT2D eigenvalue weighted by Gasteiger charge is -2.28. The summed E-state index contributed by atoms with van der Waals surface area (Å²) in [6.45, 7) is 1.08. The maximum absolute atomic E-state index is 13.3. The van der Waals surface area contributed by atoms with Crippen molar-refractivity contribution in [3.8, 4) is 0 Å². The van der Waals surface area contributed by atoms with Crippen molar-refractivity contribution in [3.63, 3.8) is 0 Å². The van der Waals surface area contributed by atoms with E-state index in [9.17, 15) is 13.2 Å². The third-order valence-corrected chi connectivity index (χ3v) is 8.69. The highest BCUT2D eigenvalue weighted by atomic mass is 35.5. The van der Waals surface area contributed by atoms with Gasteiger partial charge in [-0.15, -0.1) is 0 Å². The number of amides is 1. The van der Waals surface area contributed by atoms with Crippen molar-refractivity contribution in [1.29, 1.82) is 0 Å². The van der Waals surface area contributed by atoms with E-state index in [1.807, 2.05) is 42.1 Å². The number of benzene rings is 2. The quantitative estimate of drug-likeness (QED) is 0.405. The standard InChI is InChI=1S/C22H23ClN4O3S2/c1-26-12-9-25-22(26)31-13-10-24-21(28)17-6-7-19(23)20(14-17)32(29,30)27-11-8-16-4-2-3-5-18(16)15-27/h2-7,9,12,14H,8,10-11,13,15H2,1H3,(H,24,28). The molecule has 7 nitrogen and oxygen atoms in total. The van der Waals surface area contributed by atoms with Crippen LogP contribution in [-0.2, 0) is 30.0 Å². The molecule has 1 N–H and O–H groups in total. The van der Waals surface area contributed by atoms with E-state index < -0.39 is 10.0 Å².